The summed E-state index contributed by atoms with van der Waals surface area (Å²) in [6, 6.07) is 6.63. The first-order valence-electron chi connectivity index (χ1n) is 5.68. The second-order valence-electron chi connectivity index (χ2n) is 4.14. The van der Waals surface area contributed by atoms with E-state index in [1.165, 1.54) is 19.1 Å². The topological polar surface area (TPSA) is 72.2 Å². The largest absolute Gasteiger partial charge is 0.480 e. The molecule has 2 aromatic rings. The van der Waals surface area contributed by atoms with Gasteiger partial charge in [-0.2, -0.15) is 5.10 Å². The summed E-state index contributed by atoms with van der Waals surface area (Å²) in [7, 11) is 0. The molecule has 0 saturated carbocycles. The molecule has 0 aliphatic rings. The van der Waals surface area contributed by atoms with Crippen LogP contribution < -0.4 is 5.56 Å². The van der Waals surface area contributed by atoms with Gasteiger partial charge < -0.3 is 5.11 Å². The molecule has 0 aliphatic heterocycles. The zero-order valence-electron chi connectivity index (χ0n) is 10.4. The van der Waals surface area contributed by atoms with Crippen molar-refractivity contribution in [2.24, 2.45) is 0 Å². The van der Waals surface area contributed by atoms with Gasteiger partial charge in [-0.25, -0.2) is 9.48 Å². The summed E-state index contributed by atoms with van der Waals surface area (Å²) >= 11 is 11.8. The Balaban J connectivity index is 2.53. The van der Waals surface area contributed by atoms with Gasteiger partial charge in [0, 0.05) is 11.6 Å². The summed E-state index contributed by atoms with van der Waals surface area (Å²) in [6.45, 7) is 1.38. The van der Waals surface area contributed by atoms with E-state index in [1.807, 2.05) is 0 Å². The van der Waals surface area contributed by atoms with Crippen molar-refractivity contribution in [2.75, 3.05) is 0 Å². The Morgan fingerprint density at radius 3 is 2.55 bits per heavy atom. The molecule has 2 rings (SSSR count). The number of rotatable bonds is 3. The lowest BCUT2D eigenvalue weighted by Crippen LogP contribution is -2.29. The molecule has 0 fully saturated rings. The van der Waals surface area contributed by atoms with Crippen LogP contribution in [-0.4, -0.2) is 20.9 Å². The molecule has 0 spiro atoms. The Morgan fingerprint density at radius 2 is 1.95 bits per heavy atom. The van der Waals surface area contributed by atoms with Crippen LogP contribution in [0.25, 0.3) is 11.3 Å². The van der Waals surface area contributed by atoms with E-state index < -0.39 is 17.6 Å². The summed E-state index contributed by atoms with van der Waals surface area (Å²) in [5, 5.41) is 13.8. The minimum absolute atomic E-state index is 0.356. The normalized spacial score (nSPS) is 12.2. The average Bonchev–Trinajstić information content (AvgIpc) is 2.41. The zero-order valence-corrected chi connectivity index (χ0v) is 11.9. The lowest BCUT2D eigenvalue weighted by molar-refractivity contribution is -0.140. The maximum Gasteiger partial charge on any atom is 0.328 e. The van der Waals surface area contributed by atoms with Crippen molar-refractivity contribution in [3.8, 4) is 11.3 Å². The fourth-order valence-corrected chi connectivity index (χ4v) is 1.91. The zero-order chi connectivity index (χ0) is 14.9. The number of hydrogen-bond acceptors (Lipinski definition) is 3. The van der Waals surface area contributed by atoms with Gasteiger partial charge in [-0.3, -0.25) is 4.79 Å². The van der Waals surface area contributed by atoms with Crippen molar-refractivity contribution in [3.05, 3.63) is 50.7 Å². The number of aliphatic carboxylic acids is 1. The summed E-state index contributed by atoms with van der Waals surface area (Å²) in [4.78, 5) is 22.6. The molecule has 1 atom stereocenters. The number of nitrogens with zero attached hydrogens (tertiary/aromatic N) is 2. The minimum Gasteiger partial charge on any atom is -0.480 e. The van der Waals surface area contributed by atoms with Crippen molar-refractivity contribution in [1.82, 2.24) is 9.78 Å². The number of carbonyl (C=O) groups is 1. The van der Waals surface area contributed by atoms with Crippen LogP contribution in [-0.2, 0) is 4.79 Å². The molecule has 0 aliphatic carbocycles. The van der Waals surface area contributed by atoms with E-state index >= 15 is 0 Å². The van der Waals surface area contributed by atoms with Crippen molar-refractivity contribution in [3.63, 3.8) is 0 Å². The van der Waals surface area contributed by atoms with Crippen LogP contribution in [0.1, 0.15) is 13.0 Å². The van der Waals surface area contributed by atoms with Crippen molar-refractivity contribution in [1.29, 1.82) is 0 Å². The highest BCUT2D eigenvalue weighted by atomic mass is 35.5. The summed E-state index contributed by atoms with van der Waals surface area (Å²) < 4.78 is 0.917. The Morgan fingerprint density at radius 1 is 1.25 bits per heavy atom. The van der Waals surface area contributed by atoms with Gasteiger partial charge in [-0.05, 0) is 25.1 Å². The molecule has 0 saturated heterocycles. The summed E-state index contributed by atoms with van der Waals surface area (Å²) in [6.07, 6.45) is 0. The highest BCUT2D eigenvalue weighted by Crippen LogP contribution is 2.27. The molecule has 1 unspecified atom stereocenters. The number of benzene rings is 1. The fraction of sp³-hybridized carbons (Fsp3) is 0.154. The molecule has 0 amide bonds. The van der Waals surface area contributed by atoms with E-state index in [9.17, 15) is 9.59 Å². The van der Waals surface area contributed by atoms with Crippen molar-refractivity contribution in [2.45, 2.75) is 13.0 Å². The first kappa shape index (κ1) is 14.6. The van der Waals surface area contributed by atoms with Crippen molar-refractivity contribution < 1.29 is 9.90 Å². The predicted molar refractivity (Wildman–Crippen MR) is 76.3 cm³/mol. The van der Waals surface area contributed by atoms with Crippen molar-refractivity contribution >= 4 is 29.2 Å². The van der Waals surface area contributed by atoms with E-state index in [2.05, 4.69) is 5.10 Å². The van der Waals surface area contributed by atoms with Gasteiger partial charge in [-0.15, -0.1) is 0 Å². The average molecular weight is 313 g/mol. The van der Waals surface area contributed by atoms with Gasteiger partial charge in [0.05, 0.1) is 15.7 Å². The number of carboxylic acid groups (broad SMARTS) is 1. The Hall–Kier alpha value is -1.85. The molecule has 0 radical (unpaired) electrons. The number of aromatic nitrogens is 2. The maximum absolute atomic E-state index is 11.7. The van der Waals surface area contributed by atoms with Gasteiger partial charge >= 0.3 is 5.97 Å². The summed E-state index contributed by atoms with van der Waals surface area (Å²) in [5.74, 6) is -1.13. The van der Waals surface area contributed by atoms with E-state index in [-0.39, 0.29) is 0 Å². The van der Waals surface area contributed by atoms with Gasteiger partial charge in [-0.1, -0.05) is 29.3 Å². The Kier molecular flexibility index (Phi) is 4.11. The first-order chi connectivity index (χ1) is 9.40. The molecule has 1 N–H and O–H groups in total. The lowest BCUT2D eigenvalue weighted by Gasteiger charge is -2.11. The van der Waals surface area contributed by atoms with Crippen LogP contribution in [0.4, 0.5) is 0 Å². The summed E-state index contributed by atoms with van der Waals surface area (Å²) in [5.41, 5.74) is 0.603. The maximum atomic E-state index is 11.7. The standard InChI is InChI=1S/C13H10Cl2N2O3/c1-7(13(19)20)17-12(18)5-4-11(16-17)8-2-3-9(14)10(15)6-8/h2-7H,1H3,(H,19,20). The molecule has 1 aromatic heterocycles. The van der Waals surface area contributed by atoms with Gasteiger partial charge in [0.2, 0.25) is 0 Å². The van der Waals surface area contributed by atoms with Crippen LogP contribution >= 0.6 is 23.2 Å². The van der Waals surface area contributed by atoms with Crippen LogP contribution in [0.3, 0.4) is 0 Å². The molecule has 20 heavy (non-hydrogen) atoms. The number of halogens is 2. The molecular formula is C13H10Cl2N2O3. The lowest BCUT2D eigenvalue weighted by atomic mass is 10.1. The van der Waals surface area contributed by atoms with Gasteiger partial charge in [0.15, 0.2) is 6.04 Å². The van der Waals surface area contributed by atoms with Crippen LogP contribution in [0.2, 0.25) is 10.0 Å². The van der Waals surface area contributed by atoms with Crippen LogP contribution in [0, 0.1) is 0 Å². The number of carboxylic acids is 1. The van der Waals surface area contributed by atoms with Crippen LogP contribution in [0.15, 0.2) is 35.1 Å². The van der Waals surface area contributed by atoms with E-state index in [4.69, 9.17) is 28.3 Å². The first-order valence-corrected chi connectivity index (χ1v) is 6.44. The molecule has 104 valence electrons. The second kappa shape index (κ2) is 5.64. The third-order valence-electron chi connectivity index (χ3n) is 2.76. The third-order valence-corrected chi connectivity index (χ3v) is 3.50. The Labute approximate surface area is 124 Å². The monoisotopic (exact) mass is 312 g/mol. The van der Waals surface area contributed by atoms with E-state index in [0.29, 0.717) is 21.3 Å². The molecule has 5 nitrogen and oxygen atoms in total. The third kappa shape index (κ3) is 2.84. The van der Waals surface area contributed by atoms with E-state index in [1.54, 1.807) is 18.2 Å². The highest BCUT2D eigenvalue weighted by Gasteiger charge is 2.16. The SMILES string of the molecule is CC(C(=O)O)n1nc(-c2ccc(Cl)c(Cl)c2)ccc1=O. The van der Waals surface area contributed by atoms with Crippen LogP contribution in [0.5, 0.6) is 0 Å². The molecule has 1 aromatic carbocycles. The highest BCUT2D eigenvalue weighted by molar-refractivity contribution is 6.42. The quantitative estimate of drug-likeness (QED) is 0.946. The molecule has 1 heterocycles. The van der Waals surface area contributed by atoms with Gasteiger partial charge in [0.25, 0.3) is 5.56 Å². The minimum atomic E-state index is -1.13. The smallest absolute Gasteiger partial charge is 0.328 e. The predicted octanol–water partition coefficient (Wildman–Crippen LogP) is 2.86. The molecular weight excluding hydrogens is 303 g/mol. The molecule has 7 heteroatoms. The molecule has 0 bridgehead atoms. The van der Waals surface area contributed by atoms with Gasteiger partial charge in [0.1, 0.15) is 0 Å². The fourth-order valence-electron chi connectivity index (χ4n) is 1.62. The second-order valence-corrected chi connectivity index (χ2v) is 4.96. The Bertz CT molecular complexity index is 728. The number of hydrogen-bond donors (Lipinski definition) is 1. The van der Waals surface area contributed by atoms with E-state index in [0.717, 1.165) is 4.68 Å².